The third kappa shape index (κ3) is 1.72. The largest absolute Gasteiger partial charge is 0.422 e. The van der Waals surface area contributed by atoms with E-state index in [0.717, 1.165) is 26.2 Å². The molecule has 0 amide bonds. The number of oxazole rings is 1. The molecular formula is C10H11ClN4O. The van der Waals surface area contributed by atoms with E-state index in [4.69, 9.17) is 16.0 Å². The average molecular weight is 239 g/mol. The molecule has 2 aromatic rings. The summed E-state index contributed by atoms with van der Waals surface area (Å²) in [6, 6.07) is 4.13. The molecule has 5 nitrogen and oxygen atoms in total. The van der Waals surface area contributed by atoms with Crippen molar-refractivity contribution in [1.82, 2.24) is 15.3 Å². The highest BCUT2D eigenvalue weighted by molar-refractivity contribution is 6.29. The Labute approximate surface area is 97.4 Å². The number of rotatable bonds is 1. The summed E-state index contributed by atoms with van der Waals surface area (Å²) in [5.74, 6) is 0. The van der Waals surface area contributed by atoms with Crippen LogP contribution in [0.2, 0.25) is 5.15 Å². The van der Waals surface area contributed by atoms with E-state index < -0.39 is 0 Å². The first-order valence-electron chi connectivity index (χ1n) is 5.22. The fraction of sp³-hybridized carbons (Fsp3) is 0.400. The summed E-state index contributed by atoms with van der Waals surface area (Å²) >= 11 is 5.80. The first-order chi connectivity index (χ1) is 7.83. The molecule has 84 valence electrons. The van der Waals surface area contributed by atoms with Gasteiger partial charge in [0.2, 0.25) is 5.65 Å². The fourth-order valence-corrected chi connectivity index (χ4v) is 1.92. The minimum Gasteiger partial charge on any atom is -0.422 e. The number of halogens is 1. The van der Waals surface area contributed by atoms with Gasteiger partial charge in [0.1, 0.15) is 5.15 Å². The third-order valence-corrected chi connectivity index (χ3v) is 2.81. The summed E-state index contributed by atoms with van der Waals surface area (Å²) < 4.78 is 5.63. The van der Waals surface area contributed by atoms with Crippen LogP contribution in [0.3, 0.4) is 0 Å². The highest BCUT2D eigenvalue weighted by atomic mass is 35.5. The highest BCUT2D eigenvalue weighted by Gasteiger charge is 2.16. The maximum atomic E-state index is 5.80. The van der Waals surface area contributed by atoms with Crippen molar-refractivity contribution in [2.45, 2.75) is 0 Å². The number of piperazine rings is 1. The number of nitrogens with zero attached hydrogens (tertiary/aromatic N) is 3. The normalized spacial score (nSPS) is 16.9. The Morgan fingerprint density at radius 2 is 2.06 bits per heavy atom. The number of anilines is 1. The predicted octanol–water partition coefficient (Wildman–Crippen LogP) is 1.29. The van der Waals surface area contributed by atoms with Gasteiger partial charge in [-0.15, -0.1) is 0 Å². The van der Waals surface area contributed by atoms with Gasteiger partial charge in [-0.2, -0.15) is 4.98 Å². The number of fused-ring (bicyclic) bond motifs is 1. The first-order valence-corrected chi connectivity index (χ1v) is 5.59. The Kier molecular flexibility index (Phi) is 2.41. The quantitative estimate of drug-likeness (QED) is 0.759. The van der Waals surface area contributed by atoms with E-state index in [1.54, 1.807) is 12.1 Å². The topological polar surface area (TPSA) is 54.2 Å². The second-order valence-corrected chi connectivity index (χ2v) is 4.08. The lowest BCUT2D eigenvalue weighted by Gasteiger charge is -2.25. The van der Waals surface area contributed by atoms with Gasteiger partial charge in [0.05, 0.1) is 0 Å². The standard InChI is InChI=1S/C10H11ClN4O/c11-8-2-1-7-9(13-8)14-10(16-7)15-5-3-12-4-6-15/h1-2,12H,3-6H2. The van der Waals surface area contributed by atoms with Crippen molar-refractivity contribution in [2.75, 3.05) is 31.1 Å². The highest BCUT2D eigenvalue weighted by Crippen LogP contribution is 2.22. The molecule has 0 saturated carbocycles. The van der Waals surface area contributed by atoms with Gasteiger partial charge in [-0.05, 0) is 12.1 Å². The number of pyridine rings is 1. The van der Waals surface area contributed by atoms with Crippen LogP contribution in [0.15, 0.2) is 16.5 Å². The molecule has 0 aromatic carbocycles. The summed E-state index contributed by atoms with van der Waals surface area (Å²) in [5, 5.41) is 3.72. The Hall–Kier alpha value is -1.33. The van der Waals surface area contributed by atoms with Gasteiger partial charge in [0, 0.05) is 26.2 Å². The van der Waals surface area contributed by atoms with Gasteiger partial charge >= 0.3 is 0 Å². The van der Waals surface area contributed by atoms with Gasteiger partial charge in [0.25, 0.3) is 6.01 Å². The molecule has 1 aliphatic rings. The fourth-order valence-electron chi connectivity index (χ4n) is 1.78. The van der Waals surface area contributed by atoms with Gasteiger partial charge in [-0.1, -0.05) is 11.6 Å². The van der Waals surface area contributed by atoms with Crippen LogP contribution < -0.4 is 10.2 Å². The minimum absolute atomic E-state index is 0.438. The van der Waals surface area contributed by atoms with Crippen molar-refractivity contribution in [2.24, 2.45) is 0 Å². The van der Waals surface area contributed by atoms with Crippen LogP contribution in [0, 0.1) is 0 Å². The molecule has 1 N–H and O–H groups in total. The molecule has 0 bridgehead atoms. The minimum atomic E-state index is 0.438. The van der Waals surface area contributed by atoms with Crippen molar-refractivity contribution in [3.8, 4) is 0 Å². The molecule has 16 heavy (non-hydrogen) atoms. The van der Waals surface area contributed by atoms with Crippen LogP contribution in [0.5, 0.6) is 0 Å². The molecule has 0 aliphatic carbocycles. The number of aromatic nitrogens is 2. The van der Waals surface area contributed by atoms with Gasteiger partial charge in [-0.25, -0.2) is 4.98 Å². The van der Waals surface area contributed by atoms with Crippen LogP contribution in [-0.4, -0.2) is 36.1 Å². The molecule has 0 radical (unpaired) electrons. The molecule has 1 aliphatic heterocycles. The molecule has 0 unspecified atom stereocenters. The summed E-state index contributed by atoms with van der Waals surface area (Å²) in [6.07, 6.45) is 0. The van der Waals surface area contributed by atoms with Crippen LogP contribution >= 0.6 is 11.6 Å². The maximum absolute atomic E-state index is 5.80. The van der Waals surface area contributed by atoms with Crippen molar-refractivity contribution >= 4 is 28.8 Å². The van der Waals surface area contributed by atoms with Crippen molar-refractivity contribution in [3.05, 3.63) is 17.3 Å². The molecule has 1 fully saturated rings. The third-order valence-electron chi connectivity index (χ3n) is 2.60. The molecule has 6 heteroatoms. The zero-order valence-electron chi connectivity index (χ0n) is 8.61. The van der Waals surface area contributed by atoms with Gasteiger partial charge in [-0.3, -0.25) is 0 Å². The Morgan fingerprint density at radius 3 is 2.88 bits per heavy atom. The van der Waals surface area contributed by atoms with Crippen LogP contribution in [-0.2, 0) is 0 Å². The molecule has 0 atom stereocenters. The second-order valence-electron chi connectivity index (χ2n) is 3.69. The Balaban J connectivity index is 1.97. The lowest BCUT2D eigenvalue weighted by Crippen LogP contribution is -2.43. The second kappa shape index (κ2) is 3.92. The SMILES string of the molecule is Clc1ccc2oc(N3CCNCC3)nc2n1. The summed E-state index contributed by atoms with van der Waals surface area (Å²) in [4.78, 5) is 10.5. The van der Waals surface area contributed by atoms with Crippen molar-refractivity contribution < 1.29 is 4.42 Å². The van der Waals surface area contributed by atoms with Crippen LogP contribution in [0.4, 0.5) is 6.01 Å². The molecule has 3 heterocycles. The summed E-state index contributed by atoms with van der Waals surface area (Å²) in [7, 11) is 0. The number of hydrogen-bond acceptors (Lipinski definition) is 5. The maximum Gasteiger partial charge on any atom is 0.300 e. The van der Waals surface area contributed by atoms with E-state index >= 15 is 0 Å². The van der Waals surface area contributed by atoms with Crippen molar-refractivity contribution in [1.29, 1.82) is 0 Å². The van der Waals surface area contributed by atoms with E-state index in [0.29, 0.717) is 22.4 Å². The Bertz CT molecular complexity index is 506. The van der Waals surface area contributed by atoms with E-state index in [9.17, 15) is 0 Å². The lowest BCUT2D eigenvalue weighted by atomic mass is 10.4. The van der Waals surface area contributed by atoms with E-state index in [1.807, 2.05) is 0 Å². The van der Waals surface area contributed by atoms with E-state index in [-0.39, 0.29) is 0 Å². The van der Waals surface area contributed by atoms with E-state index in [2.05, 4.69) is 20.2 Å². The Morgan fingerprint density at radius 1 is 1.25 bits per heavy atom. The molecule has 2 aromatic heterocycles. The van der Waals surface area contributed by atoms with Gasteiger partial charge < -0.3 is 14.6 Å². The predicted molar refractivity (Wildman–Crippen MR) is 61.9 cm³/mol. The zero-order valence-corrected chi connectivity index (χ0v) is 9.37. The number of nitrogens with one attached hydrogen (secondary N) is 1. The molecular weight excluding hydrogens is 228 g/mol. The lowest BCUT2D eigenvalue weighted by molar-refractivity contribution is 0.517. The summed E-state index contributed by atoms with van der Waals surface area (Å²) in [5.41, 5.74) is 1.25. The molecule has 3 rings (SSSR count). The monoisotopic (exact) mass is 238 g/mol. The average Bonchev–Trinajstić information content (AvgIpc) is 2.73. The number of hydrogen-bond donors (Lipinski definition) is 1. The molecule has 1 saturated heterocycles. The smallest absolute Gasteiger partial charge is 0.300 e. The van der Waals surface area contributed by atoms with E-state index in [1.165, 1.54) is 0 Å². The van der Waals surface area contributed by atoms with Crippen LogP contribution in [0.25, 0.3) is 11.2 Å². The first kappa shape index (κ1) is 9.86. The summed E-state index contributed by atoms with van der Waals surface area (Å²) in [6.45, 7) is 3.71. The van der Waals surface area contributed by atoms with Crippen molar-refractivity contribution in [3.63, 3.8) is 0 Å². The molecule has 0 spiro atoms. The van der Waals surface area contributed by atoms with Gasteiger partial charge in [0.15, 0.2) is 5.58 Å². The zero-order chi connectivity index (χ0) is 11.0. The van der Waals surface area contributed by atoms with Crippen LogP contribution in [0.1, 0.15) is 0 Å².